The second-order valence-electron chi connectivity index (χ2n) is 4.89. The molecule has 5 heteroatoms. The van der Waals surface area contributed by atoms with Crippen LogP contribution < -0.4 is 5.32 Å². The van der Waals surface area contributed by atoms with Crippen molar-refractivity contribution in [1.82, 2.24) is 20.0 Å². The van der Waals surface area contributed by atoms with Crippen LogP contribution in [0.25, 0.3) is 0 Å². The Kier molecular flexibility index (Phi) is 5.43. The zero-order valence-electron chi connectivity index (χ0n) is 10.9. The van der Waals surface area contributed by atoms with Crippen LogP contribution in [0.3, 0.4) is 0 Å². The van der Waals surface area contributed by atoms with Gasteiger partial charge in [0, 0.05) is 37.9 Å². The smallest absolute Gasteiger partial charge is 0.0764 e. The third kappa shape index (κ3) is 3.69. The lowest BCUT2D eigenvalue weighted by Gasteiger charge is -2.14. The van der Waals surface area contributed by atoms with Crippen molar-refractivity contribution < 1.29 is 0 Å². The fourth-order valence-corrected chi connectivity index (χ4v) is 2.19. The molecule has 0 saturated carbocycles. The van der Waals surface area contributed by atoms with Crippen molar-refractivity contribution in [3.8, 4) is 0 Å². The molecule has 2 heterocycles. The summed E-state index contributed by atoms with van der Waals surface area (Å²) in [7, 11) is 2.04. The molecule has 0 radical (unpaired) electrons. The summed E-state index contributed by atoms with van der Waals surface area (Å²) in [4.78, 5) is 2.47. The van der Waals surface area contributed by atoms with Crippen LogP contribution in [-0.2, 0) is 6.54 Å². The maximum atomic E-state index is 4.58. The molecule has 0 aliphatic carbocycles. The molecule has 2 rings (SSSR count). The molecule has 17 heavy (non-hydrogen) atoms. The van der Waals surface area contributed by atoms with Crippen molar-refractivity contribution in [2.75, 3.05) is 20.1 Å². The van der Waals surface area contributed by atoms with E-state index in [4.69, 9.17) is 0 Å². The number of halogens is 1. The summed E-state index contributed by atoms with van der Waals surface area (Å²) in [5.41, 5.74) is 1.19. The molecule has 1 unspecified atom stereocenters. The first-order chi connectivity index (χ1) is 7.69. The van der Waals surface area contributed by atoms with Gasteiger partial charge in [-0.25, -0.2) is 0 Å². The van der Waals surface area contributed by atoms with Crippen molar-refractivity contribution in [3.05, 3.63) is 18.0 Å². The van der Waals surface area contributed by atoms with E-state index in [-0.39, 0.29) is 12.4 Å². The van der Waals surface area contributed by atoms with Crippen molar-refractivity contribution in [2.24, 2.45) is 0 Å². The molecule has 0 bridgehead atoms. The summed E-state index contributed by atoms with van der Waals surface area (Å²) >= 11 is 0. The lowest BCUT2D eigenvalue weighted by Crippen LogP contribution is -2.29. The monoisotopic (exact) mass is 258 g/mol. The Morgan fingerprint density at radius 3 is 2.82 bits per heavy atom. The molecule has 1 fully saturated rings. The van der Waals surface area contributed by atoms with Gasteiger partial charge >= 0.3 is 0 Å². The van der Waals surface area contributed by atoms with Gasteiger partial charge in [0.25, 0.3) is 0 Å². The maximum absolute atomic E-state index is 4.58. The van der Waals surface area contributed by atoms with Gasteiger partial charge in [-0.1, -0.05) is 0 Å². The van der Waals surface area contributed by atoms with Gasteiger partial charge in [-0.3, -0.25) is 9.58 Å². The molecule has 0 spiro atoms. The fraction of sp³-hybridized carbons (Fsp3) is 0.750. The van der Waals surface area contributed by atoms with Crippen LogP contribution in [0.5, 0.6) is 0 Å². The average Bonchev–Trinajstić information content (AvgIpc) is 2.87. The topological polar surface area (TPSA) is 33.1 Å². The van der Waals surface area contributed by atoms with Crippen LogP contribution in [0.15, 0.2) is 12.3 Å². The van der Waals surface area contributed by atoms with Crippen LogP contribution in [0.1, 0.15) is 32.0 Å². The Hall–Kier alpha value is -0.580. The van der Waals surface area contributed by atoms with E-state index in [0.717, 1.165) is 13.1 Å². The van der Waals surface area contributed by atoms with Crippen LogP contribution in [0, 0.1) is 0 Å². The molecule has 1 N–H and O–H groups in total. The van der Waals surface area contributed by atoms with Crippen LogP contribution >= 0.6 is 12.4 Å². The van der Waals surface area contributed by atoms with E-state index in [2.05, 4.69) is 41.4 Å². The van der Waals surface area contributed by atoms with E-state index in [1.54, 1.807) is 0 Å². The van der Waals surface area contributed by atoms with Crippen LogP contribution in [0.4, 0.5) is 0 Å². The van der Waals surface area contributed by atoms with Gasteiger partial charge in [0.15, 0.2) is 0 Å². The Morgan fingerprint density at radius 2 is 2.29 bits per heavy atom. The van der Waals surface area contributed by atoms with Gasteiger partial charge in [-0.05, 0) is 33.4 Å². The molecule has 1 atom stereocenters. The van der Waals surface area contributed by atoms with Crippen LogP contribution in [0.2, 0.25) is 0 Å². The quantitative estimate of drug-likeness (QED) is 0.892. The molecular weight excluding hydrogens is 236 g/mol. The molecule has 1 aromatic rings. The third-order valence-electron chi connectivity index (χ3n) is 3.26. The highest BCUT2D eigenvalue weighted by Gasteiger charge is 2.21. The van der Waals surface area contributed by atoms with E-state index < -0.39 is 0 Å². The second-order valence-corrected chi connectivity index (χ2v) is 4.89. The number of hydrogen-bond donors (Lipinski definition) is 1. The van der Waals surface area contributed by atoms with Crippen molar-refractivity contribution in [3.63, 3.8) is 0 Å². The van der Waals surface area contributed by atoms with Gasteiger partial charge in [0.2, 0.25) is 0 Å². The molecule has 4 nitrogen and oxygen atoms in total. The summed E-state index contributed by atoms with van der Waals surface area (Å²) in [6.07, 6.45) is 3.33. The highest BCUT2D eigenvalue weighted by Crippen LogP contribution is 2.13. The predicted octanol–water partition coefficient (Wildman–Crippen LogP) is 1.68. The lowest BCUT2D eigenvalue weighted by molar-refractivity contribution is 0.316. The average molecular weight is 259 g/mol. The predicted molar refractivity (Wildman–Crippen MR) is 72.6 cm³/mol. The number of likely N-dealkylation sites (tertiary alicyclic amines) is 1. The summed E-state index contributed by atoms with van der Waals surface area (Å²) < 4.78 is 2.03. The van der Waals surface area contributed by atoms with Gasteiger partial charge in [0.05, 0.1) is 5.69 Å². The van der Waals surface area contributed by atoms with Crippen LogP contribution in [-0.4, -0.2) is 40.9 Å². The molecule has 0 amide bonds. The van der Waals surface area contributed by atoms with Gasteiger partial charge in [-0.2, -0.15) is 5.10 Å². The number of nitrogens with one attached hydrogen (secondary N) is 1. The molecule has 1 aromatic heterocycles. The molecule has 1 saturated heterocycles. The third-order valence-corrected chi connectivity index (χ3v) is 3.26. The highest BCUT2D eigenvalue weighted by molar-refractivity contribution is 5.85. The Labute approximate surface area is 110 Å². The molecule has 98 valence electrons. The first-order valence-electron chi connectivity index (χ1n) is 6.12. The Bertz CT molecular complexity index is 337. The Morgan fingerprint density at radius 1 is 1.53 bits per heavy atom. The second kappa shape index (κ2) is 6.38. The van der Waals surface area contributed by atoms with E-state index in [1.165, 1.54) is 18.7 Å². The molecule has 1 aliphatic rings. The van der Waals surface area contributed by atoms with E-state index >= 15 is 0 Å². The van der Waals surface area contributed by atoms with Gasteiger partial charge < -0.3 is 5.32 Å². The fourth-order valence-electron chi connectivity index (χ4n) is 2.19. The zero-order valence-corrected chi connectivity index (χ0v) is 11.7. The summed E-state index contributed by atoms with van der Waals surface area (Å²) in [6, 6.07) is 3.25. The minimum absolute atomic E-state index is 0. The minimum atomic E-state index is 0. The SMILES string of the molecule is CNC1CCN(Cc2ccn(C(C)C)n2)C1.Cl. The minimum Gasteiger partial charge on any atom is -0.316 e. The number of hydrogen-bond acceptors (Lipinski definition) is 3. The number of aromatic nitrogens is 2. The maximum Gasteiger partial charge on any atom is 0.0764 e. The summed E-state index contributed by atoms with van der Waals surface area (Å²) in [6.45, 7) is 7.62. The summed E-state index contributed by atoms with van der Waals surface area (Å²) in [5, 5.41) is 7.91. The standard InChI is InChI=1S/C12H22N4.ClH/c1-10(2)16-7-5-12(14-16)9-15-6-4-11(8-15)13-3;/h5,7,10-11,13H,4,6,8-9H2,1-3H3;1H. The molecule has 1 aliphatic heterocycles. The van der Waals surface area contributed by atoms with Gasteiger partial charge in [-0.15, -0.1) is 12.4 Å². The molecule has 0 aromatic carbocycles. The van der Waals surface area contributed by atoms with Crippen molar-refractivity contribution in [1.29, 1.82) is 0 Å². The first kappa shape index (κ1) is 14.5. The number of nitrogens with zero attached hydrogens (tertiary/aromatic N) is 3. The summed E-state index contributed by atoms with van der Waals surface area (Å²) in [5.74, 6) is 0. The first-order valence-corrected chi connectivity index (χ1v) is 6.12. The van der Waals surface area contributed by atoms with Gasteiger partial charge in [0.1, 0.15) is 0 Å². The normalized spacial score (nSPS) is 20.8. The van der Waals surface area contributed by atoms with Crippen molar-refractivity contribution >= 4 is 12.4 Å². The van der Waals surface area contributed by atoms with E-state index in [0.29, 0.717) is 12.1 Å². The van der Waals surface area contributed by atoms with E-state index in [9.17, 15) is 0 Å². The Balaban J connectivity index is 0.00000144. The lowest BCUT2D eigenvalue weighted by atomic mass is 10.3. The molecular formula is C12H23ClN4. The zero-order chi connectivity index (χ0) is 11.5. The number of rotatable bonds is 4. The number of likely N-dealkylation sites (N-methyl/N-ethyl adjacent to an activating group) is 1. The van der Waals surface area contributed by atoms with Crippen molar-refractivity contribution in [2.45, 2.75) is 38.9 Å². The van der Waals surface area contributed by atoms with E-state index in [1.807, 2.05) is 11.7 Å². The highest BCUT2D eigenvalue weighted by atomic mass is 35.5. The largest absolute Gasteiger partial charge is 0.316 e.